The molecule has 0 bridgehead atoms. The molecule has 0 spiro atoms. The molecule has 1 aromatic carbocycles. The molecule has 0 aromatic heterocycles. The number of hydrogen-bond acceptors (Lipinski definition) is 3. The largest absolute Gasteiger partial charge is 0.373 e. The zero-order valence-corrected chi connectivity index (χ0v) is 11.8. The Labute approximate surface area is 114 Å². The first-order valence-electron chi connectivity index (χ1n) is 6.85. The lowest BCUT2D eigenvalue weighted by Gasteiger charge is -2.28. The van der Waals surface area contributed by atoms with Crippen molar-refractivity contribution < 1.29 is 14.6 Å². The summed E-state index contributed by atoms with van der Waals surface area (Å²) in [7, 11) is 0. The lowest BCUT2D eigenvalue weighted by atomic mass is 9.82. The van der Waals surface area contributed by atoms with Crippen LogP contribution in [0, 0.1) is 24.9 Å². The van der Waals surface area contributed by atoms with Crippen molar-refractivity contribution in [2.24, 2.45) is 11.8 Å². The van der Waals surface area contributed by atoms with E-state index < -0.39 is 5.97 Å². The van der Waals surface area contributed by atoms with Crippen LogP contribution in [0.25, 0.3) is 0 Å². The molecule has 1 fully saturated rings. The van der Waals surface area contributed by atoms with Crippen LogP contribution < -0.4 is 0 Å². The van der Waals surface area contributed by atoms with Gasteiger partial charge in [0.15, 0.2) is 0 Å². The molecule has 19 heavy (non-hydrogen) atoms. The first-order valence-corrected chi connectivity index (χ1v) is 6.85. The second kappa shape index (κ2) is 6.20. The Morgan fingerprint density at radius 1 is 1.21 bits per heavy atom. The van der Waals surface area contributed by atoms with Crippen LogP contribution in [-0.2, 0) is 9.78 Å². The molecule has 3 nitrogen and oxygen atoms in total. The Balaban J connectivity index is 1.86. The van der Waals surface area contributed by atoms with Gasteiger partial charge < -0.3 is 0 Å². The van der Waals surface area contributed by atoms with E-state index in [0.717, 1.165) is 24.5 Å². The summed E-state index contributed by atoms with van der Waals surface area (Å²) >= 11 is 0. The van der Waals surface area contributed by atoms with Crippen molar-refractivity contribution in [2.75, 3.05) is 0 Å². The highest BCUT2D eigenvalue weighted by Gasteiger charge is 2.27. The van der Waals surface area contributed by atoms with E-state index in [-0.39, 0.29) is 0 Å². The molecular formula is C16H21O3. The molecule has 2 rings (SSSR count). The van der Waals surface area contributed by atoms with Crippen molar-refractivity contribution in [3.8, 4) is 0 Å². The third-order valence-electron chi connectivity index (χ3n) is 3.45. The fourth-order valence-electron chi connectivity index (χ4n) is 2.70. The molecule has 0 N–H and O–H groups in total. The maximum atomic E-state index is 11.8. The molecule has 1 radical (unpaired) electrons. The summed E-state index contributed by atoms with van der Waals surface area (Å²) in [5.74, 6) is 0.759. The first kappa shape index (κ1) is 14.1. The maximum absolute atomic E-state index is 11.8. The zero-order valence-electron chi connectivity index (χ0n) is 11.8. The van der Waals surface area contributed by atoms with Gasteiger partial charge in [0.25, 0.3) is 0 Å². The molecule has 1 saturated carbocycles. The van der Waals surface area contributed by atoms with Crippen LogP contribution in [0.5, 0.6) is 0 Å². The minimum absolute atomic E-state index is 0.429. The molecule has 0 heterocycles. The van der Waals surface area contributed by atoms with Crippen molar-refractivity contribution in [1.29, 1.82) is 0 Å². The summed E-state index contributed by atoms with van der Waals surface area (Å²) in [6, 6.07) is 7.30. The van der Waals surface area contributed by atoms with Crippen LogP contribution in [0.3, 0.4) is 0 Å². The second-order valence-electron chi connectivity index (χ2n) is 5.72. The Morgan fingerprint density at radius 3 is 2.53 bits per heavy atom. The molecule has 0 aliphatic heterocycles. The molecule has 2 atom stereocenters. The Morgan fingerprint density at radius 2 is 1.89 bits per heavy atom. The molecule has 103 valence electrons. The van der Waals surface area contributed by atoms with Crippen molar-refractivity contribution in [3.63, 3.8) is 0 Å². The Bertz CT molecular complexity index is 431. The van der Waals surface area contributed by atoms with E-state index in [1.165, 1.54) is 6.42 Å². The topological polar surface area (TPSA) is 35.5 Å². The van der Waals surface area contributed by atoms with E-state index in [9.17, 15) is 4.79 Å². The predicted molar refractivity (Wildman–Crippen MR) is 73.1 cm³/mol. The van der Waals surface area contributed by atoms with Crippen LogP contribution in [0.15, 0.2) is 24.3 Å². The molecule has 2 unspecified atom stereocenters. The van der Waals surface area contributed by atoms with Gasteiger partial charge in [0.1, 0.15) is 6.10 Å². The highest BCUT2D eigenvalue weighted by atomic mass is 17.2. The molecule has 0 amide bonds. The number of carbonyl (C=O) groups excluding carboxylic acids is 1. The van der Waals surface area contributed by atoms with E-state index in [1.54, 1.807) is 12.1 Å². The highest BCUT2D eigenvalue weighted by molar-refractivity contribution is 5.89. The average Bonchev–Trinajstić information content (AvgIpc) is 2.35. The van der Waals surface area contributed by atoms with Gasteiger partial charge in [-0.05, 0) is 50.2 Å². The van der Waals surface area contributed by atoms with Gasteiger partial charge in [-0.2, -0.15) is 4.89 Å². The summed E-state index contributed by atoms with van der Waals surface area (Å²) < 4.78 is 0. The summed E-state index contributed by atoms with van der Waals surface area (Å²) in [6.45, 7) is 6.33. The number of benzene rings is 1. The van der Waals surface area contributed by atoms with E-state index in [0.29, 0.717) is 17.4 Å². The number of aryl methyl sites for hydroxylation is 1. The second-order valence-corrected chi connectivity index (χ2v) is 5.72. The van der Waals surface area contributed by atoms with Crippen LogP contribution in [-0.4, -0.2) is 5.97 Å². The SMILES string of the molecule is Cc1cccc(C(=O)OO[C]2CC(C)CC(C)C2)c1. The lowest BCUT2D eigenvalue weighted by Crippen LogP contribution is -2.21. The van der Waals surface area contributed by atoms with Gasteiger partial charge >= 0.3 is 5.97 Å². The summed E-state index contributed by atoms with van der Waals surface area (Å²) in [4.78, 5) is 22.0. The predicted octanol–water partition coefficient (Wildman–Crippen LogP) is 4.07. The quantitative estimate of drug-likeness (QED) is 0.607. The van der Waals surface area contributed by atoms with Gasteiger partial charge in [-0.15, -0.1) is 0 Å². The van der Waals surface area contributed by atoms with Crippen LogP contribution in [0.4, 0.5) is 0 Å². The van der Waals surface area contributed by atoms with E-state index >= 15 is 0 Å². The van der Waals surface area contributed by atoms with Crippen LogP contribution in [0.2, 0.25) is 0 Å². The number of rotatable bonds is 3. The Kier molecular flexibility index (Phi) is 4.59. The van der Waals surface area contributed by atoms with Crippen LogP contribution >= 0.6 is 0 Å². The average molecular weight is 261 g/mol. The third kappa shape index (κ3) is 4.06. The standard InChI is InChI=1S/C16H21O3/c1-11-5-4-6-14(8-11)16(17)19-18-15-9-12(2)7-13(3)10-15/h4-6,8,12-13H,7,9-10H2,1-3H3. The van der Waals surface area contributed by atoms with Crippen molar-refractivity contribution in [3.05, 3.63) is 41.5 Å². The third-order valence-corrected chi connectivity index (χ3v) is 3.45. The Hall–Kier alpha value is -1.35. The molecular weight excluding hydrogens is 240 g/mol. The van der Waals surface area contributed by atoms with Gasteiger partial charge in [-0.1, -0.05) is 31.5 Å². The van der Waals surface area contributed by atoms with Crippen molar-refractivity contribution >= 4 is 5.97 Å². The molecule has 0 saturated heterocycles. The fourth-order valence-corrected chi connectivity index (χ4v) is 2.70. The normalized spacial score (nSPS) is 24.2. The lowest BCUT2D eigenvalue weighted by molar-refractivity contribution is -0.242. The van der Waals surface area contributed by atoms with E-state index in [1.807, 2.05) is 19.1 Å². The maximum Gasteiger partial charge on any atom is 0.373 e. The minimum atomic E-state index is -0.429. The molecule has 1 aliphatic rings. The number of carbonyl (C=O) groups is 1. The summed E-state index contributed by atoms with van der Waals surface area (Å²) in [5.41, 5.74) is 1.56. The van der Waals surface area contributed by atoms with Gasteiger partial charge in [0.05, 0.1) is 5.56 Å². The highest BCUT2D eigenvalue weighted by Crippen LogP contribution is 2.35. The van der Waals surface area contributed by atoms with Gasteiger partial charge in [0, 0.05) is 0 Å². The molecule has 1 aromatic rings. The van der Waals surface area contributed by atoms with E-state index in [4.69, 9.17) is 9.78 Å². The molecule has 1 aliphatic carbocycles. The zero-order chi connectivity index (χ0) is 13.8. The smallest absolute Gasteiger partial charge is 0.292 e. The summed E-state index contributed by atoms with van der Waals surface area (Å²) in [6.07, 6.45) is 3.85. The molecule has 3 heteroatoms. The van der Waals surface area contributed by atoms with Gasteiger partial charge in [0.2, 0.25) is 0 Å². The number of hydrogen-bond donors (Lipinski definition) is 0. The fraction of sp³-hybridized carbons (Fsp3) is 0.500. The van der Waals surface area contributed by atoms with E-state index in [2.05, 4.69) is 13.8 Å². The van der Waals surface area contributed by atoms with Gasteiger partial charge in [-0.3, -0.25) is 4.89 Å². The van der Waals surface area contributed by atoms with Gasteiger partial charge in [-0.25, -0.2) is 4.79 Å². The van der Waals surface area contributed by atoms with Crippen LogP contribution in [0.1, 0.15) is 49.0 Å². The monoisotopic (exact) mass is 261 g/mol. The van der Waals surface area contributed by atoms with Crippen molar-refractivity contribution in [1.82, 2.24) is 0 Å². The first-order chi connectivity index (χ1) is 9.04. The summed E-state index contributed by atoms with van der Waals surface area (Å²) in [5, 5.41) is 0. The van der Waals surface area contributed by atoms with Crippen molar-refractivity contribution in [2.45, 2.75) is 40.0 Å². The minimum Gasteiger partial charge on any atom is -0.292 e.